The van der Waals surface area contributed by atoms with Gasteiger partial charge < -0.3 is 9.88 Å². The van der Waals surface area contributed by atoms with Crippen molar-refractivity contribution in [1.82, 2.24) is 9.55 Å². The predicted octanol–water partition coefficient (Wildman–Crippen LogP) is 3.24. The van der Waals surface area contributed by atoms with E-state index in [2.05, 4.69) is 52.3 Å². The highest BCUT2D eigenvalue weighted by Gasteiger charge is 2.02. The van der Waals surface area contributed by atoms with Gasteiger partial charge in [0.1, 0.15) is 0 Å². The third-order valence-electron chi connectivity index (χ3n) is 2.71. The number of hydrogen-bond acceptors (Lipinski definition) is 3. The molecule has 2 rings (SSSR count). The highest BCUT2D eigenvalue weighted by atomic mass is 32.2. The van der Waals surface area contributed by atoms with E-state index in [0.717, 1.165) is 13.1 Å². The number of nitrogens with zero attached hydrogens (tertiary/aromatic N) is 2. The van der Waals surface area contributed by atoms with Crippen LogP contribution in [0.15, 0.2) is 41.7 Å². The van der Waals surface area contributed by atoms with Gasteiger partial charge in [0, 0.05) is 23.3 Å². The number of imidazole rings is 1. The van der Waals surface area contributed by atoms with E-state index in [4.69, 9.17) is 0 Å². The van der Waals surface area contributed by atoms with Crippen molar-refractivity contribution >= 4 is 17.4 Å². The number of benzene rings is 1. The summed E-state index contributed by atoms with van der Waals surface area (Å²) in [5.41, 5.74) is 2.40. The minimum absolute atomic E-state index is 0.811. The number of aryl methyl sites for hydroxylation is 1. The molecule has 0 unspecified atom stereocenters. The molecule has 90 valence electrons. The van der Waals surface area contributed by atoms with E-state index in [-0.39, 0.29) is 0 Å². The molecular formula is C13H17N3S. The molecular weight excluding hydrogens is 230 g/mol. The van der Waals surface area contributed by atoms with Crippen molar-refractivity contribution in [3.63, 3.8) is 0 Å². The average Bonchev–Trinajstić information content (AvgIpc) is 2.84. The fraction of sp³-hybridized carbons (Fsp3) is 0.308. The van der Waals surface area contributed by atoms with Gasteiger partial charge in [-0.15, -0.1) is 11.8 Å². The number of anilines is 1. The van der Waals surface area contributed by atoms with Crippen LogP contribution in [0.3, 0.4) is 0 Å². The van der Waals surface area contributed by atoms with Gasteiger partial charge in [-0.25, -0.2) is 4.98 Å². The van der Waals surface area contributed by atoms with Crippen LogP contribution in [0.25, 0.3) is 0 Å². The van der Waals surface area contributed by atoms with Gasteiger partial charge in [0.05, 0.1) is 18.6 Å². The van der Waals surface area contributed by atoms with Crippen molar-refractivity contribution in [3.05, 3.63) is 42.5 Å². The number of rotatable bonds is 5. The third-order valence-corrected chi connectivity index (χ3v) is 3.50. The lowest BCUT2D eigenvalue weighted by Crippen LogP contribution is -2.06. The maximum atomic E-state index is 4.17. The molecule has 1 N–H and O–H groups in total. The molecule has 0 spiro atoms. The second-order valence-corrected chi connectivity index (χ2v) is 4.57. The van der Waals surface area contributed by atoms with Crippen molar-refractivity contribution in [2.45, 2.75) is 24.9 Å². The summed E-state index contributed by atoms with van der Waals surface area (Å²) in [7, 11) is 0. The Hall–Kier alpha value is -1.42. The van der Waals surface area contributed by atoms with Crippen molar-refractivity contribution in [1.29, 1.82) is 0 Å². The Balaban J connectivity index is 2.07. The van der Waals surface area contributed by atoms with Gasteiger partial charge in [-0.2, -0.15) is 0 Å². The first-order chi connectivity index (χ1) is 8.35. The molecule has 0 aliphatic carbocycles. The van der Waals surface area contributed by atoms with Gasteiger partial charge in [0.25, 0.3) is 0 Å². The zero-order valence-electron chi connectivity index (χ0n) is 10.2. The minimum Gasteiger partial charge on any atom is -0.379 e. The molecule has 1 heterocycles. The van der Waals surface area contributed by atoms with Crippen LogP contribution >= 0.6 is 11.8 Å². The maximum absolute atomic E-state index is 4.17. The predicted molar refractivity (Wildman–Crippen MR) is 73.5 cm³/mol. The first kappa shape index (κ1) is 12.0. The van der Waals surface area contributed by atoms with Crippen LogP contribution in [0.2, 0.25) is 0 Å². The van der Waals surface area contributed by atoms with Crippen LogP contribution < -0.4 is 5.32 Å². The molecule has 0 saturated carbocycles. The molecule has 0 fully saturated rings. The topological polar surface area (TPSA) is 29.9 Å². The molecule has 4 heteroatoms. The molecule has 2 aromatic rings. The standard InChI is InChI=1S/C13H17N3S/c1-3-16-10-14-8-11(16)9-15-12-6-4-5-7-13(12)17-2/h4-8,10,15H,3,9H2,1-2H3. The monoisotopic (exact) mass is 247 g/mol. The lowest BCUT2D eigenvalue weighted by molar-refractivity contribution is 0.719. The van der Waals surface area contributed by atoms with Crippen LogP contribution in [-0.2, 0) is 13.1 Å². The quantitative estimate of drug-likeness (QED) is 0.823. The number of para-hydroxylation sites is 1. The Bertz CT molecular complexity index is 479. The number of nitrogens with one attached hydrogen (secondary N) is 1. The third kappa shape index (κ3) is 2.82. The van der Waals surface area contributed by atoms with E-state index in [1.807, 2.05) is 12.5 Å². The molecule has 3 nitrogen and oxygen atoms in total. The molecule has 0 aliphatic rings. The Morgan fingerprint density at radius 2 is 2.18 bits per heavy atom. The zero-order chi connectivity index (χ0) is 12.1. The summed E-state index contributed by atoms with van der Waals surface area (Å²) in [6, 6.07) is 8.36. The van der Waals surface area contributed by atoms with Gasteiger partial charge in [-0.05, 0) is 25.3 Å². The molecule has 1 aromatic carbocycles. The summed E-state index contributed by atoms with van der Waals surface area (Å²) >= 11 is 1.76. The van der Waals surface area contributed by atoms with E-state index in [9.17, 15) is 0 Å². The molecule has 0 amide bonds. The van der Waals surface area contributed by atoms with Crippen LogP contribution in [0.5, 0.6) is 0 Å². The summed E-state index contributed by atoms with van der Waals surface area (Å²) < 4.78 is 2.15. The second-order valence-electron chi connectivity index (χ2n) is 3.72. The Kier molecular flexibility index (Phi) is 4.09. The SMILES string of the molecule is CCn1cncc1CNc1ccccc1SC. The van der Waals surface area contributed by atoms with Gasteiger partial charge in [-0.1, -0.05) is 12.1 Å². The summed E-state index contributed by atoms with van der Waals surface area (Å²) in [4.78, 5) is 5.44. The number of hydrogen-bond donors (Lipinski definition) is 1. The van der Waals surface area contributed by atoms with Crippen LogP contribution in [0.1, 0.15) is 12.6 Å². The van der Waals surface area contributed by atoms with Crippen LogP contribution in [-0.4, -0.2) is 15.8 Å². The molecule has 0 atom stereocenters. The van der Waals surface area contributed by atoms with E-state index in [0.29, 0.717) is 0 Å². The van der Waals surface area contributed by atoms with E-state index < -0.39 is 0 Å². The summed E-state index contributed by atoms with van der Waals surface area (Å²) in [6.07, 6.45) is 5.88. The maximum Gasteiger partial charge on any atom is 0.0948 e. The van der Waals surface area contributed by atoms with Crippen LogP contribution in [0, 0.1) is 0 Å². The Morgan fingerprint density at radius 1 is 1.35 bits per heavy atom. The van der Waals surface area contributed by atoms with Crippen molar-refractivity contribution in [2.24, 2.45) is 0 Å². The minimum atomic E-state index is 0.811. The number of thioether (sulfide) groups is 1. The zero-order valence-corrected chi connectivity index (χ0v) is 11.0. The highest BCUT2D eigenvalue weighted by molar-refractivity contribution is 7.98. The lowest BCUT2D eigenvalue weighted by Gasteiger charge is -2.11. The fourth-order valence-corrected chi connectivity index (χ4v) is 2.33. The summed E-state index contributed by atoms with van der Waals surface area (Å²) in [5, 5.41) is 3.46. The van der Waals surface area contributed by atoms with Gasteiger partial charge in [0.2, 0.25) is 0 Å². The highest BCUT2D eigenvalue weighted by Crippen LogP contribution is 2.24. The van der Waals surface area contributed by atoms with Crippen molar-refractivity contribution in [3.8, 4) is 0 Å². The lowest BCUT2D eigenvalue weighted by atomic mass is 10.3. The Morgan fingerprint density at radius 3 is 2.94 bits per heavy atom. The fourth-order valence-electron chi connectivity index (χ4n) is 1.76. The van der Waals surface area contributed by atoms with E-state index in [1.54, 1.807) is 11.8 Å². The smallest absolute Gasteiger partial charge is 0.0948 e. The van der Waals surface area contributed by atoms with Gasteiger partial charge in [0.15, 0.2) is 0 Å². The molecule has 0 saturated heterocycles. The largest absolute Gasteiger partial charge is 0.379 e. The molecule has 0 aliphatic heterocycles. The van der Waals surface area contributed by atoms with Crippen molar-refractivity contribution in [2.75, 3.05) is 11.6 Å². The Labute approximate surface area is 106 Å². The van der Waals surface area contributed by atoms with Gasteiger partial charge >= 0.3 is 0 Å². The summed E-state index contributed by atoms with van der Waals surface area (Å²) in [6.45, 7) is 3.90. The second kappa shape index (κ2) is 5.77. The average molecular weight is 247 g/mol. The number of aromatic nitrogens is 2. The van der Waals surface area contributed by atoms with Crippen molar-refractivity contribution < 1.29 is 0 Å². The van der Waals surface area contributed by atoms with E-state index >= 15 is 0 Å². The van der Waals surface area contributed by atoms with Gasteiger partial charge in [-0.3, -0.25) is 0 Å². The van der Waals surface area contributed by atoms with E-state index in [1.165, 1.54) is 16.3 Å². The normalized spacial score (nSPS) is 10.5. The summed E-state index contributed by atoms with van der Waals surface area (Å²) in [5.74, 6) is 0. The molecule has 17 heavy (non-hydrogen) atoms. The first-order valence-corrected chi connectivity index (χ1v) is 6.93. The van der Waals surface area contributed by atoms with Crippen LogP contribution in [0.4, 0.5) is 5.69 Å². The molecule has 1 aromatic heterocycles. The first-order valence-electron chi connectivity index (χ1n) is 5.71. The molecule has 0 radical (unpaired) electrons. The molecule has 0 bridgehead atoms.